The molecule has 126 valence electrons. The molecule has 2 heterocycles. The minimum absolute atomic E-state index is 0.378. The average Bonchev–Trinajstić information content (AvgIpc) is 3.15. The van der Waals surface area contributed by atoms with Gasteiger partial charge < -0.3 is 20.7 Å². The largest absolute Gasteiger partial charge is 0.497 e. The molecule has 1 aliphatic rings. The molecule has 0 saturated carbocycles. The van der Waals surface area contributed by atoms with Crippen LogP contribution in [0.3, 0.4) is 0 Å². The Labute approximate surface area is 142 Å². The van der Waals surface area contributed by atoms with E-state index in [0.29, 0.717) is 12.5 Å². The van der Waals surface area contributed by atoms with E-state index in [4.69, 9.17) is 10.5 Å². The zero-order valence-corrected chi connectivity index (χ0v) is 13.9. The van der Waals surface area contributed by atoms with Crippen molar-refractivity contribution in [1.29, 1.82) is 0 Å². The van der Waals surface area contributed by atoms with Crippen LogP contribution in [0.1, 0.15) is 18.4 Å². The van der Waals surface area contributed by atoms with Crippen molar-refractivity contribution in [3.63, 3.8) is 0 Å². The molecule has 2 aromatic rings. The van der Waals surface area contributed by atoms with E-state index in [9.17, 15) is 0 Å². The first-order valence-electron chi connectivity index (χ1n) is 8.15. The summed E-state index contributed by atoms with van der Waals surface area (Å²) in [7, 11) is 1.64. The Morgan fingerprint density at radius 1 is 1.29 bits per heavy atom. The van der Waals surface area contributed by atoms with Gasteiger partial charge in [-0.05, 0) is 42.7 Å². The standard InChI is InChI=1S/C18H23N5O/c1-24-16-6-4-5-15(12-16)22-18(19)21-13-14-7-8-20-17(11-14)23-9-2-3-10-23/h4-8,11-12H,2-3,9-10,13H2,1H3,(H3,19,21,22). The van der Waals surface area contributed by atoms with Crippen molar-refractivity contribution in [2.75, 3.05) is 30.4 Å². The van der Waals surface area contributed by atoms with Crippen molar-refractivity contribution in [3.05, 3.63) is 48.2 Å². The maximum Gasteiger partial charge on any atom is 0.193 e. The number of nitrogens with one attached hydrogen (secondary N) is 1. The van der Waals surface area contributed by atoms with Crippen LogP contribution in [0.4, 0.5) is 11.5 Å². The van der Waals surface area contributed by atoms with E-state index in [-0.39, 0.29) is 0 Å². The van der Waals surface area contributed by atoms with Gasteiger partial charge in [0.25, 0.3) is 0 Å². The molecule has 6 nitrogen and oxygen atoms in total. The number of pyridine rings is 1. The average molecular weight is 325 g/mol. The summed E-state index contributed by atoms with van der Waals surface area (Å²) in [5.41, 5.74) is 7.93. The van der Waals surface area contributed by atoms with E-state index in [1.54, 1.807) is 7.11 Å². The van der Waals surface area contributed by atoms with Gasteiger partial charge in [-0.1, -0.05) is 6.07 Å². The molecule has 1 aromatic carbocycles. The fraction of sp³-hybridized carbons (Fsp3) is 0.333. The monoisotopic (exact) mass is 325 g/mol. The third-order valence-electron chi connectivity index (χ3n) is 4.01. The third kappa shape index (κ3) is 4.16. The second-order valence-corrected chi connectivity index (χ2v) is 5.77. The number of aliphatic imine (C=N–C) groups is 1. The number of hydrogen-bond acceptors (Lipinski definition) is 4. The first kappa shape index (κ1) is 16.1. The Bertz CT molecular complexity index is 710. The molecule has 3 rings (SSSR count). The fourth-order valence-corrected chi connectivity index (χ4v) is 2.74. The van der Waals surface area contributed by atoms with Gasteiger partial charge >= 0.3 is 0 Å². The van der Waals surface area contributed by atoms with Gasteiger partial charge in [-0.25, -0.2) is 9.98 Å². The number of rotatable bonds is 5. The predicted octanol–water partition coefficient (Wildman–Crippen LogP) is 2.62. The highest BCUT2D eigenvalue weighted by atomic mass is 16.5. The first-order chi connectivity index (χ1) is 11.7. The van der Waals surface area contributed by atoms with Gasteiger partial charge in [0.05, 0.1) is 13.7 Å². The summed E-state index contributed by atoms with van der Waals surface area (Å²) in [4.78, 5) is 11.2. The molecule has 0 amide bonds. The summed E-state index contributed by atoms with van der Waals surface area (Å²) >= 11 is 0. The van der Waals surface area contributed by atoms with E-state index in [1.807, 2.05) is 36.5 Å². The van der Waals surface area contributed by atoms with Crippen LogP contribution in [0, 0.1) is 0 Å². The fourth-order valence-electron chi connectivity index (χ4n) is 2.74. The van der Waals surface area contributed by atoms with E-state index >= 15 is 0 Å². The van der Waals surface area contributed by atoms with Gasteiger partial charge in [-0.3, -0.25) is 0 Å². The Morgan fingerprint density at radius 3 is 2.92 bits per heavy atom. The first-order valence-corrected chi connectivity index (χ1v) is 8.15. The highest BCUT2D eigenvalue weighted by molar-refractivity contribution is 5.92. The lowest BCUT2D eigenvalue weighted by molar-refractivity contribution is 0.415. The maximum absolute atomic E-state index is 5.98. The maximum atomic E-state index is 5.98. The van der Waals surface area contributed by atoms with Gasteiger partial charge in [0.2, 0.25) is 0 Å². The van der Waals surface area contributed by atoms with Crippen molar-refractivity contribution < 1.29 is 4.74 Å². The normalized spacial score (nSPS) is 14.7. The zero-order chi connectivity index (χ0) is 16.8. The van der Waals surface area contributed by atoms with E-state index in [2.05, 4.69) is 26.3 Å². The van der Waals surface area contributed by atoms with Crippen molar-refractivity contribution >= 4 is 17.5 Å². The number of hydrogen-bond donors (Lipinski definition) is 2. The third-order valence-corrected chi connectivity index (χ3v) is 4.01. The molecule has 6 heteroatoms. The summed E-state index contributed by atoms with van der Waals surface area (Å²) in [6, 6.07) is 11.6. The number of nitrogens with two attached hydrogens (primary N) is 1. The number of guanidine groups is 1. The molecular formula is C18H23N5O. The molecule has 0 atom stereocenters. The zero-order valence-electron chi connectivity index (χ0n) is 13.9. The predicted molar refractivity (Wildman–Crippen MR) is 97.6 cm³/mol. The Hall–Kier alpha value is -2.76. The van der Waals surface area contributed by atoms with E-state index in [0.717, 1.165) is 35.9 Å². The number of nitrogens with zero attached hydrogens (tertiary/aromatic N) is 3. The van der Waals surface area contributed by atoms with Crippen LogP contribution in [0.15, 0.2) is 47.6 Å². The Morgan fingerprint density at radius 2 is 2.12 bits per heavy atom. The highest BCUT2D eigenvalue weighted by Gasteiger charge is 2.13. The van der Waals surface area contributed by atoms with Gasteiger partial charge in [0.15, 0.2) is 5.96 Å². The molecule has 1 saturated heterocycles. The number of aromatic nitrogens is 1. The van der Waals surface area contributed by atoms with Crippen molar-refractivity contribution in [1.82, 2.24) is 4.98 Å². The minimum Gasteiger partial charge on any atom is -0.497 e. The van der Waals surface area contributed by atoms with Crippen molar-refractivity contribution in [2.24, 2.45) is 10.7 Å². The van der Waals surface area contributed by atoms with E-state index in [1.165, 1.54) is 12.8 Å². The molecule has 1 fully saturated rings. The van der Waals surface area contributed by atoms with Crippen LogP contribution in [-0.4, -0.2) is 31.1 Å². The second kappa shape index (κ2) is 7.68. The summed E-state index contributed by atoms with van der Waals surface area (Å²) in [5.74, 6) is 2.18. The summed E-state index contributed by atoms with van der Waals surface area (Å²) in [6.07, 6.45) is 4.31. The topological polar surface area (TPSA) is 75.8 Å². The van der Waals surface area contributed by atoms with E-state index < -0.39 is 0 Å². The lowest BCUT2D eigenvalue weighted by Crippen LogP contribution is -2.22. The van der Waals surface area contributed by atoms with Gasteiger partial charge in [0.1, 0.15) is 11.6 Å². The summed E-state index contributed by atoms with van der Waals surface area (Å²) in [5, 5.41) is 3.08. The lowest BCUT2D eigenvalue weighted by Gasteiger charge is -2.16. The van der Waals surface area contributed by atoms with Crippen LogP contribution in [0.25, 0.3) is 0 Å². The molecule has 1 aliphatic heterocycles. The highest BCUT2D eigenvalue weighted by Crippen LogP contribution is 2.19. The molecule has 0 bridgehead atoms. The van der Waals surface area contributed by atoms with Crippen LogP contribution < -0.4 is 20.7 Å². The molecule has 24 heavy (non-hydrogen) atoms. The van der Waals surface area contributed by atoms with Crippen molar-refractivity contribution in [2.45, 2.75) is 19.4 Å². The van der Waals surface area contributed by atoms with Gasteiger partial charge in [-0.15, -0.1) is 0 Å². The minimum atomic E-state index is 0.378. The van der Waals surface area contributed by atoms with Crippen LogP contribution in [0.5, 0.6) is 5.75 Å². The van der Waals surface area contributed by atoms with Crippen molar-refractivity contribution in [3.8, 4) is 5.75 Å². The molecule has 0 spiro atoms. The van der Waals surface area contributed by atoms with Crippen LogP contribution in [-0.2, 0) is 6.54 Å². The molecular weight excluding hydrogens is 302 g/mol. The molecule has 0 radical (unpaired) electrons. The number of anilines is 2. The smallest absolute Gasteiger partial charge is 0.193 e. The van der Waals surface area contributed by atoms with Crippen LogP contribution in [0.2, 0.25) is 0 Å². The number of ether oxygens (including phenoxy) is 1. The number of benzene rings is 1. The lowest BCUT2D eigenvalue weighted by atomic mass is 10.2. The summed E-state index contributed by atoms with van der Waals surface area (Å²) < 4.78 is 5.20. The van der Waals surface area contributed by atoms with Gasteiger partial charge in [0, 0.05) is 31.0 Å². The molecule has 0 unspecified atom stereocenters. The quantitative estimate of drug-likeness (QED) is 0.653. The Balaban J connectivity index is 1.63. The number of methoxy groups -OCH3 is 1. The SMILES string of the molecule is COc1cccc(NC(N)=NCc2ccnc(N3CCCC3)c2)c1. The molecule has 3 N–H and O–H groups in total. The summed E-state index contributed by atoms with van der Waals surface area (Å²) in [6.45, 7) is 2.69. The second-order valence-electron chi connectivity index (χ2n) is 5.77. The molecule has 1 aromatic heterocycles. The van der Waals surface area contributed by atoms with Gasteiger partial charge in [-0.2, -0.15) is 0 Å². The molecule has 0 aliphatic carbocycles. The van der Waals surface area contributed by atoms with Crippen LogP contribution >= 0.6 is 0 Å². The Kier molecular flexibility index (Phi) is 5.15.